The van der Waals surface area contributed by atoms with E-state index in [0.717, 1.165) is 28.2 Å². The van der Waals surface area contributed by atoms with Crippen molar-refractivity contribution in [3.8, 4) is 11.4 Å². The van der Waals surface area contributed by atoms with E-state index < -0.39 is 6.04 Å². The molecule has 1 amide bonds. The van der Waals surface area contributed by atoms with Crippen LogP contribution in [0.3, 0.4) is 0 Å². The molecule has 0 unspecified atom stereocenters. The molecule has 1 N–H and O–H groups in total. The fourth-order valence-electron chi connectivity index (χ4n) is 5.62. The quantitative estimate of drug-likeness (QED) is 0.281. The predicted octanol–water partition coefficient (Wildman–Crippen LogP) is 5.60. The molecule has 3 aromatic carbocycles. The van der Waals surface area contributed by atoms with E-state index in [4.69, 9.17) is 9.73 Å². The molecule has 0 fully saturated rings. The van der Waals surface area contributed by atoms with Gasteiger partial charge in [0, 0.05) is 22.8 Å². The lowest BCUT2D eigenvalue weighted by atomic mass is 9.95. The number of aromatic nitrogens is 2. The molecule has 0 spiro atoms. The predicted molar refractivity (Wildman–Crippen MR) is 172 cm³/mol. The minimum absolute atomic E-state index is 0.200. The molecular weight excluding hydrogens is 556 g/mol. The van der Waals surface area contributed by atoms with Crippen LogP contribution in [0.2, 0.25) is 0 Å². The average Bonchev–Trinajstić information content (AvgIpc) is 3.46. The van der Waals surface area contributed by atoms with E-state index in [1.807, 2.05) is 67.6 Å². The van der Waals surface area contributed by atoms with Crippen LogP contribution >= 0.6 is 11.3 Å². The first-order valence-corrected chi connectivity index (χ1v) is 14.9. The summed E-state index contributed by atoms with van der Waals surface area (Å²) in [5.41, 5.74) is 7.54. The summed E-state index contributed by atoms with van der Waals surface area (Å²) in [5.74, 6) is 0.330. The number of rotatable bonds is 6. The van der Waals surface area contributed by atoms with Gasteiger partial charge in [-0.15, -0.1) is 0 Å². The lowest BCUT2D eigenvalue weighted by Gasteiger charge is -2.25. The molecule has 6 rings (SSSR count). The number of allylic oxidation sites excluding steroid dienone is 1. The Hall–Kier alpha value is -4.95. The van der Waals surface area contributed by atoms with Crippen LogP contribution in [0.4, 0.5) is 5.69 Å². The Kier molecular flexibility index (Phi) is 7.46. The number of para-hydroxylation sites is 1. The Morgan fingerprint density at radius 2 is 1.70 bits per heavy atom. The minimum Gasteiger partial charge on any atom is -0.497 e. The van der Waals surface area contributed by atoms with Crippen LogP contribution in [0.25, 0.3) is 11.8 Å². The van der Waals surface area contributed by atoms with Gasteiger partial charge in [0.1, 0.15) is 5.75 Å². The van der Waals surface area contributed by atoms with E-state index in [-0.39, 0.29) is 11.5 Å². The molecule has 0 saturated carbocycles. The largest absolute Gasteiger partial charge is 0.497 e. The lowest BCUT2D eigenvalue weighted by molar-refractivity contribution is -0.113. The third-order valence-corrected chi connectivity index (χ3v) is 8.74. The number of aryl methyl sites for hydroxylation is 2. The number of benzene rings is 3. The van der Waals surface area contributed by atoms with Gasteiger partial charge in [-0.1, -0.05) is 59.4 Å². The molecule has 1 aliphatic rings. The summed E-state index contributed by atoms with van der Waals surface area (Å²) in [6.07, 6.45) is 1.93. The van der Waals surface area contributed by atoms with Crippen LogP contribution in [0.5, 0.6) is 5.75 Å². The van der Waals surface area contributed by atoms with Gasteiger partial charge in [-0.3, -0.25) is 14.2 Å². The molecular formula is C35H32N4O3S. The fourth-order valence-corrected chi connectivity index (χ4v) is 6.66. The van der Waals surface area contributed by atoms with Gasteiger partial charge in [0.05, 0.1) is 29.0 Å². The van der Waals surface area contributed by atoms with Crippen LogP contribution < -0.4 is 24.9 Å². The molecule has 5 aromatic rings. The van der Waals surface area contributed by atoms with Gasteiger partial charge in [-0.2, -0.15) is 0 Å². The van der Waals surface area contributed by atoms with Crippen molar-refractivity contribution in [2.45, 2.75) is 33.7 Å². The molecule has 1 atom stereocenters. The maximum atomic E-state index is 14.2. The van der Waals surface area contributed by atoms with Crippen molar-refractivity contribution >= 4 is 29.0 Å². The van der Waals surface area contributed by atoms with Gasteiger partial charge in [0.2, 0.25) is 0 Å². The number of nitrogens with zero attached hydrogens (tertiary/aromatic N) is 3. The highest BCUT2D eigenvalue weighted by Gasteiger charge is 2.33. The summed E-state index contributed by atoms with van der Waals surface area (Å²) in [6, 6.07) is 26.6. The first-order chi connectivity index (χ1) is 20.7. The van der Waals surface area contributed by atoms with Gasteiger partial charge in [0.15, 0.2) is 4.80 Å². The molecule has 216 valence electrons. The zero-order chi connectivity index (χ0) is 30.2. The highest BCUT2D eigenvalue weighted by molar-refractivity contribution is 7.07. The van der Waals surface area contributed by atoms with Crippen LogP contribution in [0.1, 0.15) is 41.0 Å². The number of hydrogen-bond acceptors (Lipinski definition) is 5. The summed E-state index contributed by atoms with van der Waals surface area (Å²) in [4.78, 5) is 33.3. The smallest absolute Gasteiger partial charge is 0.271 e. The molecule has 43 heavy (non-hydrogen) atoms. The maximum absolute atomic E-state index is 14.2. The summed E-state index contributed by atoms with van der Waals surface area (Å²) in [7, 11) is 1.60. The summed E-state index contributed by atoms with van der Waals surface area (Å²) in [5, 5.41) is 2.99. The van der Waals surface area contributed by atoms with Crippen molar-refractivity contribution < 1.29 is 9.53 Å². The third-order valence-electron chi connectivity index (χ3n) is 7.76. The number of anilines is 1. The molecule has 1 aliphatic heterocycles. The van der Waals surface area contributed by atoms with Crippen molar-refractivity contribution in [1.29, 1.82) is 0 Å². The summed E-state index contributed by atoms with van der Waals surface area (Å²) >= 11 is 1.33. The number of hydrogen-bond donors (Lipinski definition) is 1. The lowest BCUT2D eigenvalue weighted by Crippen LogP contribution is -2.40. The topological polar surface area (TPSA) is 77.6 Å². The van der Waals surface area contributed by atoms with Gasteiger partial charge >= 0.3 is 0 Å². The van der Waals surface area contributed by atoms with Crippen LogP contribution in [0, 0.1) is 20.8 Å². The van der Waals surface area contributed by atoms with Crippen LogP contribution in [-0.4, -0.2) is 22.2 Å². The van der Waals surface area contributed by atoms with Crippen LogP contribution in [0.15, 0.2) is 106 Å². The van der Waals surface area contributed by atoms with Crippen molar-refractivity contribution in [3.05, 3.63) is 144 Å². The van der Waals surface area contributed by atoms with Crippen LogP contribution in [-0.2, 0) is 4.79 Å². The minimum atomic E-state index is -0.683. The molecule has 0 aliphatic carbocycles. The van der Waals surface area contributed by atoms with Crippen molar-refractivity contribution in [2.75, 3.05) is 12.4 Å². The van der Waals surface area contributed by atoms with Gasteiger partial charge < -0.3 is 14.6 Å². The number of nitrogens with one attached hydrogen (secondary N) is 1. The van der Waals surface area contributed by atoms with E-state index in [1.54, 1.807) is 11.7 Å². The molecule has 7 nitrogen and oxygen atoms in total. The van der Waals surface area contributed by atoms with Crippen molar-refractivity contribution in [2.24, 2.45) is 4.99 Å². The number of carbonyl (C=O) groups excluding carboxylic acids is 1. The molecule has 0 saturated heterocycles. The van der Waals surface area contributed by atoms with E-state index in [0.29, 0.717) is 32.0 Å². The number of thiazole rings is 1. The molecule has 0 bridgehead atoms. The van der Waals surface area contributed by atoms with Crippen molar-refractivity contribution in [1.82, 2.24) is 9.13 Å². The Balaban J connectivity index is 1.50. The number of amides is 1. The van der Waals surface area contributed by atoms with Gasteiger partial charge in [0.25, 0.3) is 11.5 Å². The third kappa shape index (κ3) is 5.26. The molecule has 0 radical (unpaired) electrons. The highest BCUT2D eigenvalue weighted by Crippen LogP contribution is 2.32. The highest BCUT2D eigenvalue weighted by atomic mass is 32.1. The Labute approximate surface area is 253 Å². The zero-order valence-corrected chi connectivity index (χ0v) is 25.5. The second-order valence-electron chi connectivity index (χ2n) is 10.7. The second kappa shape index (κ2) is 11.4. The molecule has 2 aromatic heterocycles. The first kappa shape index (κ1) is 28.2. The second-order valence-corrected chi connectivity index (χ2v) is 11.7. The average molecular weight is 589 g/mol. The van der Waals surface area contributed by atoms with E-state index in [1.165, 1.54) is 16.9 Å². The van der Waals surface area contributed by atoms with E-state index in [2.05, 4.69) is 61.0 Å². The Bertz CT molecular complexity index is 2070. The number of fused-ring (bicyclic) bond motifs is 1. The van der Waals surface area contributed by atoms with E-state index in [9.17, 15) is 9.59 Å². The van der Waals surface area contributed by atoms with Crippen molar-refractivity contribution in [3.63, 3.8) is 0 Å². The normalized spacial score (nSPS) is 14.8. The molecule has 8 heteroatoms. The standard InChI is InChI=1S/C35H32N4O3S/c1-21-14-16-28(17-15-21)38-22(2)18-26(24(38)4)20-30-34(41)39-32(25-10-9-13-29(19-25)42-5)31(23(3)36-35(39)43-30)33(40)37-27-11-7-6-8-12-27/h6-20,32H,1-5H3,(H,37,40)/b30-20-/t32-/m0/s1. The number of carbonyl (C=O) groups is 1. The molecule has 3 heterocycles. The Morgan fingerprint density at radius 3 is 2.42 bits per heavy atom. The number of methoxy groups -OCH3 is 1. The van der Waals surface area contributed by atoms with Gasteiger partial charge in [-0.05, 0) is 87.4 Å². The first-order valence-electron chi connectivity index (χ1n) is 14.0. The summed E-state index contributed by atoms with van der Waals surface area (Å²) in [6.45, 7) is 8.02. The zero-order valence-electron chi connectivity index (χ0n) is 24.7. The Morgan fingerprint density at radius 1 is 0.953 bits per heavy atom. The summed E-state index contributed by atoms with van der Waals surface area (Å²) < 4.78 is 9.88. The van der Waals surface area contributed by atoms with E-state index >= 15 is 0 Å². The number of ether oxygens (including phenoxy) is 1. The monoisotopic (exact) mass is 588 g/mol. The van der Waals surface area contributed by atoms with Gasteiger partial charge in [-0.25, -0.2) is 4.99 Å². The maximum Gasteiger partial charge on any atom is 0.271 e. The fraction of sp³-hybridized carbons (Fsp3) is 0.171. The SMILES string of the molecule is COc1cccc([C@H]2C(C(=O)Nc3ccccc3)=C(C)N=c3s/c(=C\c4cc(C)n(-c5ccc(C)cc5)c4C)c(=O)n32)c1.